The number of carbonyl (C=O) groups is 1. The van der Waals surface area contributed by atoms with Crippen LogP contribution in [0.4, 0.5) is 0 Å². The Morgan fingerprint density at radius 1 is 1.50 bits per heavy atom. The third-order valence-electron chi connectivity index (χ3n) is 3.24. The van der Waals surface area contributed by atoms with Gasteiger partial charge in [-0.2, -0.15) is 0 Å². The lowest BCUT2D eigenvalue weighted by Crippen LogP contribution is -2.45. The van der Waals surface area contributed by atoms with Crippen LogP contribution >= 0.6 is 24.0 Å². The summed E-state index contributed by atoms with van der Waals surface area (Å²) < 4.78 is 0. The third kappa shape index (κ3) is 3.16. The van der Waals surface area contributed by atoms with Crippen molar-refractivity contribution >= 4 is 29.9 Å². The normalized spacial score (nSPS) is 19.3. The van der Waals surface area contributed by atoms with Crippen LogP contribution in [0.5, 0.6) is 0 Å². The quantitative estimate of drug-likeness (QED) is 0.864. The lowest BCUT2D eigenvalue weighted by molar-refractivity contribution is 0.0708. The van der Waals surface area contributed by atoms with Gasteiger partial charge < -0.3 is 10.6 Å². The molecule has 0 aromatic heterocycles. The number of rotatable bonds is 1. The molecule has 3 nitrogen and oxygen atoms in total. The molecule has 1 aliphatic heterocycles. The highest BCUT2D eigenvalue weighted by molar-refractivity contribution is 6.31. The molecule has 0 aliphatic carbocycles. The highest BCUT2D eigenvalue weighted by atomic mass is 35.5. The van der Waals surface area contributed by atoms with Gasteiger partial charge >= 0.3 is 0 Å². The molecule has 2 rings (SSSR count). The number of likely N-dealkylation sites (tertiary alicyclic amines) is 1. The number of nitrogens with zero attached hydrogens (tertiary/aromatic N) is 1. The average molecular weight is 289 g/mol. The molecule has 100 valence electrons. The summed E-state index contributed by atoms with van der Waals surface area (Å²) in [5.41, 5.74) is 7.42. The number of carbonyl (C=O) groups excluding carboxylic acids is 1. The molecule has 0 bridgehead atoms. The van der Waals surface area contributed by atoms with Crippen molar-refractivity contribution in [3.8, 4) is 0 Å². The SMILES string of the molecule is Cc1c(Cl)cccc1C(=O)N1CCCC(N)C1.Cl. The van der Waals surface area contributed by atoms with E-state index >= 15 is 0 Å². The van der Waals surface area contributed by atoms with E-state index in [-0.39, 0.29) is 24.4 Å². The molecule has 1 atom stereocenters. The van der Waals surface area contributed by atoms with Gasteiger partial charge in [0.2, 0.25) is 0 Å². The van der Waals surface area contributed by atoms with Crippen LogP contribution in [0.25, 0.3) is 0 Å². The van der Waals surface area contributed by atoms with Crippen molar-refractivity contribution in [2.75, 3.05) is 13.1 Å². The third-order valence-corrected chi connectivity index (χ3v) is 3.65. The predicted octanol–water partition coefficient (Wildman–Crippen LogP) is 2.63. The summed E-state index contributed by atoms with van der Waals surface area (Å²) in [4.78, 5) is 14.2. The highest BCUT2D eigenvalue weighted by Gasteiger charge is 2.23. The minimum Gasteiger partial charge on any atom is -0.337 e. The van der Waals surface area contributed by atoms with E-state index in [2.05, 4.69) is 0 Å². The molecule has 0 spiro atoms. The Morgan fingerprint density at radius 2 is 2.22 bits per heavy atom. The minimum absolute atomic E-state index is 0. The Kier molecular flexibility index (Phi) is 5.45. The number of piperidine rings is 1. The monoisotopic (exact) mass is 288 g/mol. The van der Waals surface area contributed by atoms with Gasteiger partial charge in [0.25, 0.3) is 5.91 Å². The molecule has 1 amide bonds. The van der Waals surface area contributed by atoms with Crippen LogP contribution in [0.1, 0.15) is 28.8 Å². The number of hydrogen-bond donors (Lipinski definition) is 1. The topological polar surface area (TPSA) is 46.3 Å². The van der Waals surface area contributed by atoms with Crippen molar-refractivity contribution in [1.29, 1.82) is 0 Å². The van der Waals surface area contributed by atoms with Crippen LogP contribution in [-0.4, -0.2) is 29.9 Å². The van der Waals surface area contributed by atoms with Gasteiger partial charge in [0.15, 0.2) is 0 Å². The number of amides is 1. The van der Waals surface area contributed by atoms with Crippen molar-refractivity contribution in [2.24, 2.45) is 5.73 Å². The van der Waals surface area contributed by atoms with Crippen molar-refractivity contribution < 1.29 is 4.79 Å². The molecule has 2 N–H and O–H groups in total. The fraction of sp³-hybridized carbons (Fsp3) is 0.462. The van der Waals surface area contributed by atoms with Crippen LogP contribution in [0, 0.1) is 6.92 Å². The van der Waals surface area contributed by atoms with Crippen molar-refractivity contribution in [3.05, 3.63) is 34.3 Å². The second-order valence-electron chi connectivity index (χ2n) is 4.57. The van der Waals surface area contributed by atoms with Gasteiger partial charge in [-0.15, -0.1) is 12.4 Å². The Morgan fingerprint density at radius 3 is 2.89 bits per heavy atom. The maximum Gasteiger partial charge on any atom is 0.254 e. The van der Waals surface area contributed by atoms with Gasteiger partial charge in [-0.25, -0.2) is 0 Å². The highest BCUT2D eigenvalue weighted by Crippen LogP contribution is 2.21. The minimum atomic E-state index is 0. The first-order valence-electron chi connectivity index (χ1n) is 5.89. The largest absolute Gasteiger partial charge is 0.337 e. The van der Waals surface area contributed by atoms with Crippen molar-refractivity contribution in [2.45, 2.75) is 25.8 Å². The van der Waals surface area contributed by atoms with E-state index in [1.54, 1.807) is 6.07 Å². The van der Waals surface area contributed by atoms with Crippen molar-refractivity contribution in [1.82, 2.24) is 4.90 Å². The first-order valence-corrected chi connectivity index (χ1v) is 6.27. The molecule has 1 unspecified atom stereocenters. The van der Waals surface area contributed by atoms with Crippen LogP contribution in [0.15, 0.2) is 18.2 Å². The summed E-state index contributed by atoms with van der Waals surface area (Å²) in [5, 5.41) is 0.636. The lowest BCUT2D eigenvalue weighted by atomic mass is 10.0. The fourth-order valence-corrected chi connectivity index (χ4v) is 2.38. The summed E-state index contributed by atoms with van der Waals surface area (Å²) in [6.07, 6.45) is 1.98. The van der Waals surface area contributed by atoms with Gasteiger partial charge in [-0.3, -0.25) is 4.79 Å². The summed E-state index contributed by atoms with van der Waals surface area (Å²) in [6.45, 7) is 3.31. The number of benzene rings is 1. The lowest BCUT2D eigenvalue weighted by Gasteiger charge is -2.31. The van der Waals surface area contributed by atoms with E-state index in [0.29, 0.717) is 17.1 Å². The van der Waals surface area contributed by atoms with E-state index in [1.807, 2.05) is 24.0 Å². The number of halogens is 2. The van der Waals surface area contributed by atoms with E-state index in [0.717, 1.165) is 24.9 Å². The van der Waals surface area contributed by atoms with E-state index in [4.69, 9.17) is 17.3 Å². The Balaban J connectivity index is 0.00000162. The fourth-order valence-electron chi connectivity index (χ4n) is 2.20. The second kappa shape index (κ2) is 6.41. The zero-order chi connectivity index (χ0) is 12.4. The molecule has 5 heteroatoms. The van der Waals surface area contributed by atoms with Gasteiger partial charge in [0, 0.05) is 29.7 Å². The first kappa shape index (κ1) is 15.3. The van der Waals surface area contributed by atoms with Gasteiger partial charge in [-0.05, 0) is 37.5 Å². The molecule has 0 radical (unpaired) electrons. The molecule has 18 heavy (non-hydrogen) atoms. The smallest absolute Gasteiger partial charge is 0.254 e. The Bertz CT molecular complexity index is 437. The maximum atomic E-state index is 12.3. The Hall–Kier alpha value is -0.770. The number of hydrogen-bond acceptors (Lipinski definition) is 2. The molecular formula is C13H18Cl2N2O. The molecule has 1 fully saturated rings. The molecule has 1 saturated heterocycles. The molecule has 1 aromatic rings. The second-order valence-corrected chi connectivity index (χ2v) is 4.97. The van der Waals surface area contributed by atoms with E-state index in [1.165, 1.54) is 0 Å². The van der Waals surface area contributed by atoms with Gasteiger partial charge in [-0.1, -0.05) is 17.7 Å². The Labute approximate surface area is 119 Å². The zero-order valence-electron chi connectivity index (χ0n) is 10.4. The average Bonchev–Trinajstić information content (AvgIpc) is 2.32. The van der Waals surface area contributed by atoms with Crippen LogP contribution < -0.4 is 5.73 Å². The summed E-state index contributed by atoms with van der Waals surface area (Å²) in [5.74, 6) is 0.0418. The summed E-state index contributed by atoms with van der Waals surface area (Å²) in [6, 6.07) is 5.54. The summed E-state index contributed by atoms with van der Waals surface area (Å²) in [7, 11) is 0. The van der Waals surface area contributed by atoms with Crippen LogP contribution in [-0.2, 0) is 0 Å². The molecular weight excluding hydrogens is 271 g/mol. The zero-order valence-corrected chi connectivity index (χ0v) is 11.9. The standard InChI is InChI=1S/C13H17ClN2O.ClH/c1-9-11(5-2-6-12(9)14)13(17)16-7-3-4-10(15)8-16;/h2,5-6,10H,3-4,7-8,15H2,1H3;1H. The van der Waals surface area contributed by atoms with Crippen LogP contribution in [0.2, 0.25) is 5.02 Å². The van der Waals surface area contributed by atoms with Gasteiger partial charge in [0.1, 0.15) is 0 Å². The van der Waals surface area contributed by atoms with E-state index in [9.17, 15) is 4.79 Å². The maximum absolute atomic E-state index is 12.3. The molecule has 1 aromatic carbocycles. The molecule has 1 heterocycles. The molecule has 0 saturated carbocycles. The number of nitrogens with two attached hydrogens (primary N) is 1. The van der Waals surface area contributed by atoms with Crippen molar-refractivity contribution in [3.63, 3.8) is 0 Å². The summed E-state index contributed by atoms with van der Waals surface area (Å²) >= 11 is 6.03. The predicted molar refractivity (Wildman–Crippen MR) is 76.5 cm³/mol. The van der Waals surface area contributed by atoms with Gasteiger partial charge in [0.05, 0.1) is 0 Å². The van der Waals surface area contributed by atoms with E-state index < -0.39 is 0 Å². The van der Waals surface area contributed by atoms with Crippen LogP contribution in [0.3, 0.4) is 0 Å². The molecule has 1 aliphatic rings. The first-order chi connectivity index (χ1) is 8.09.